The zero-order valence-electron chi connectivity index (χ0n) is 12.1. The summed E-state index contributed by atoms with van der Waals surface area (Å²) < 4.78 is 5.55. The van der Waals surface area contributed by atoms with Crippen LogP contribution in [0.3, 0.4) is 0 Å². The molecular formula is C12H17ClN4O3S. The largest absolute Gasteiger partial charge is 0.444 e. The standard InChI is InChI=1S/C12H17ClN4O3S/c1-12(2,3)20-11(19)17-6-4-16(5-7-17)9(18)8-14-15-10(13)21-8/h4-7H2,1-3H3. The van der Waals surface area contributed by atoms with Gasteiger partial charge in [-0.05, 0) is 32.4 Å². The van der Waals surface area contributed by atoms with E-state index in [2.05, 4.69) is 10.2 Å². The number of rotatable bonds is 1. The van der Waals surface area contributed by atoms with Gasteiger partial charge in [0, 0.05) is 26.2 Å². The summed E-state index contributed by atoms with van der Waals surface area (Å²) >= 11 is 6.73. The summed E-state index contributed by atoms with van der Waals surface area (Å²) in [4.78, 5) is 27.3. The molecule has 9 heteroatoms. The molecule has 21 heavy (non-hydrogen) atoms. The molecule has 7 nitrogen and oxygen atoms in total. The van der Waals surface area contributed by atoms with E-state index < -0.39 is 5.60 Å². The fraction of sp³-hybridized carbons (Fsp3) is 0.667. The molecule has 0 aliphatic carbocycles. The van der Waals surface area contributed by atoms with Crippen molar-refractivity contribution in [3.63, 3.8) is 0 Å². The first-order valence-corrected chi connectivity index (χ1v) is 7.72. The summed E-state index contributed by atoms with van der Waals surface area (Å²) in [7, 11) is 0. The van der Waals surface area contributed by atoms with Gasteiger partial charge in [-0.2, -0.15) is 0 Å². The zero-order valence-corrected chi connectivity index (χ0v) is 13.7. The maximum Gasteiger partial charge on any atom is 0.410 e. The Balaban J connectivity index is 1.88. The molecule has 2 rings (SSSR count). The minimum absolute atomic E-state index is 0.205. The third-order valence-corrected chi connectivity index (χ3v) is 3.81. The Kier molecular flexibility index (Phi) is 4.67. The molecule has 0 saturated carbocycles. The molecule has 1 aromatic rings. The summed E-state index contributed by atoms with van der Waals surface area (Å²) in [5, 5.41) is 7.62. The lowest BCUT2D eigenvalue weighted by Crippen LogP contribution is -2.51. The Hall–Kier alpha value is -1.41. The van der Waals surface area contributed by atoms with Crippen LogP contribution in [-0.2, 0) is 4.74 Å². The van der Waals surface area contributed by atoms with E-state index in [4.69, 9.17) is 16.3 Å². The molecule has 2 heterocycles. The van der Waals surface area contributed by atoms with Crippen molar-refractivity contribution in [1.29, 1.82) is 0 Å². The third-order valence-electron chi connectivity index (χ3n) is 2.80. The predicted molar refractivity (Wildman–Crippen MR) is 78.6 cm³/mol. The van der Waals surface area contributed by atoms with Gasteiger partial charge in [0.2, 0.25) is 9.47 Å². The number of piperazine rings is 1. The van der Waals surface area contributed by atoms with Crippen LogP contribution < -0.4 is 0 Å². The first-order valence-electron chi connectivity index (χ1n) is 6.52. The highest BCUT2D eigenvalue weighted by atomic mass is 35.5. The van der Waals surface area contributed by atoms with E-state index in [9.17, 15) is 9.59 Å². The van der Waals surface area contributed by atoms with Crippen molar-refractivity contribution in [3.05, 3.63) is 9.47 Å². The molecule has 0 spiro atoms. The maximum atomic E-state index is 12.2. The molecular weight excluding hydrogens is 316 g/mol. The molecule has 1 aromatic heterocycles. The van der Waals surface area contributed by atoms with Gasteiger partial charge in [-0.1, -0.05) is 11.3 Å². The highest BCUT2D eigenvalue weighted by Gasteiger charge is 2.29. The van der Waals surface area contributed by atoms with Crippen LogP contribution in [0.5, 0.6) is 0 Å². The van der Waals surface area contributed by atoms with Gasteiger partial charge in [0.25, 0.3) is 5.91 Å². The number of carbonyl (C=O) groups is 2. The van der Waals surface area contributed by atoms with Gasteiger partial charge in [0.05, 0.1) is 0 Å². The smallest absolute Gasteiger partial charge is 0.410 e. The molecule has 2 amide bonds. The van der Waals surface area contributed by atoms with Crippen LogP contribution in [0.2, 0.25) is 4.47 Å². The normalized spacial score (nSPS) is 16.0. The van der Waals surface area contributed by atoms with Gasteiger partial charge in [0.1, 0.15) is 5.60 Å². The Bertz CT molecular complexity index is 535. The van der Waals surface area contributed by atoms with E-state index in [1.807, 2.05) is 20.8 Å². The quantitative estimate of drug-likeness (QED) is 0.785. The highest BCUT2D eigenvalue weighted by molar-refractivity contribution is 7.17. The second kappa shape index (κ2) is 6.15. The van der Waals surface area contributed by atoms with Crippen molar-refractivity contribution >= 4 is 34.9 Å². The second-order valence-electron chi connectivity index (χ2n) is 5.62. The van der Waals surface area contributed by atoms with Crippen LogP contribution in [0, 0.1) is 0 Å². The van der Waals surface area contributed by atoms with E-state index in [1.165, 1.54) is 0 Å². The van der Waals surface area contributed by atoms with Gasteiger partial charge in [-0.3, -0.25) is 4.79 Å². The van der Waals surface area contributed by atoms with Crippen LogP contribution in [0.15, 0.2) is 0 Å². The van der Waals surface area contributed by atoms with E-state index >= 15 is 0 Å². The highest BCUT2D eigenvalue weighted by Crippen LogP contribution is 2.18. The molecule has 1 fully saturated rings. The number of halogens is 1. The molecule has 1 saturated heterocycles. The third kappa shape index (κ3) is 4.28. The van der Waals surface area contributed by atoms with Crippen molar-refractivity contribution < 1.29 is 14.3 Å². The topological polar surface area (TPSA) is 75.6 Å². The monoisotopic (exact) mass is 332 g/mol. The number of carbonyl (C=O) groups excluding carboxylic acids is 2. The Morgan fingerprint density at radius 1 is 1.14 bits per heavy atom. The summed E-state index contributed by atoms with van der Waals surface area (Å²) in [5.41, 5.74) is -0.520. The zero-order chi connectivity index (χ0) is 15.6. The first kappa shape index (κ1) is 16.0. The van der Waals surface area contributed by atoms with Gasteiger partial charge in [-0.25, -0.2) is 4.79 Å². The number of aromatic nitrogens is 2. The van der Waals surface area contributed by atoms with Crippen LogP contribution in [0.1, 0.15) is 30.6 Å². The SMILES string of the molecule is CC(C)(C)OC(=O)N1CCN(C(=O)c2nnc(Cl)s2)CC1. The van der Waals surface area contributed by atoms with Crippen LogP contribution in [0.4, 0.5) is 4.79 Å². The lowest BCUT2D eigenvalue weighted by Gasteiger charge is -2.35. The number of ether oxygens (including phenoxy) is 1. The Morgan fingerprint density at radius 3 is 2.19 bits per heavy atom. The molecule has 1 aliphatic heterocycles. The molecule has 116 valence electrons. The van der Waals surface area contributed by atoms with E-state index in [1.54, 1.807) is 9.80 Å². The molecule has 0 atom stereocenters. The van der Waals surface area contributed by atoms with Gasteiger partial charge in [0.15, 0.2) is 0 Å². The van der Waals surface area contributed by atoms with E-state index in [0.717, 1.165) is 11.3 Å². The number of hydrogen-bond acceptors (Lipinski definition) is 6. The second-order valence-corrected chi connectivity index (χ2v) is 7.18. The number of nitrogens with zero attached hydrogens (tertiary/aromatic N) is 4. The first-order chi connectivity index (χ1) is 9.76. The summed E-state index contributed by atoms with van der Waals surface area (Å²) in [5.74, 6) is -0.205. The number of amides is 2. The molecule has 0 unspecified atom stereocenters. The van der Waals surface area contributed by atoms with E-state index in [-0.39, 0.29) is 21.5 Å². The Labute approximate surface area is 131 Å². The molecule has 0 radical (unpaired) electrons. The molecule has 1 aliphatic rings. The van der Waals surface area contributed by atoms with Crippen molar-refractivity contribution in [1.82, 2.24) is 20.0 Å². The minimum Gasteiger partial charge on any atom is -0.444 e. The maximum absolute atomic E-state index is 12.2. The van der Waals surface area contributed by atoms with Gasteiger partial charge in [-0.15, -0.1) is 10.2 Å². The lowest BCUT2D eigenvalue weighted by molar-refractivity contribution is 0.0140. The minimum atomic E-state index is -0.520. The summed E-state index contributed by atoms with van der Waals surface area (Å²) in [6, 6.07) is 0. The number of hydrogen-bond donors (Lipinski definition) is 0. The molecule has 0 N–H and O–H groups in total. The average Bonchev–Trinajstić information content (AvgIpc) is 2.83. The van der Waals surface area contributed by atoms with Crippen LogP contribution >= 0.6 is 22.9 Å². The van der Waals surface area contributed by atoms with Crippen LogP contribution in [-0.4, -0.2) is 63.8 Å². The van der Waals surface area contributed by atoms with Crippen molar-refractivity contribution in [2.24, 2.45) is 0 Å². The molecule has 0 aromatic carbocycles. The summed E-state index contributed by atoms with van der Waals surface area (Å²) in [6.45, 7) is 7.22. The lowest BCUT2D eigenvalue weighted by atomic mass is 10.2. The van der Waals surface area contributed by atoms with Crippen molar-refractivity contribution in [3.8, 4) is 0 Å². The average molecular weight is 333 g/mol. The summed E-state index contributed by atoms with van der Waals surface area (Å²) in [6.07, 6.45) is -0.353. The fourth-order valence-corrected chi connectivity index (χ4v) is 2.64. The Morgan fingerprint density at radius 2 is 1.71 bits per heavy atom. The van der Waals surface area contributed by atoms with Gasteiger partial charge < -0.3 is 14.5 Å². The molecule has 0 bridgehead atoms. The van der Waals surface area contributed by atoms with Crippen molar-refractivity contribution in [2.75, 3.05) is 26.2 Å². The van der Waals surface area contributed by atoms with Crippen molar-refractivity contribution in [2.45, 2.75) is 26.4 Å². The van der Waals surface area contributed by atoms with E-state index in [0.29, 0.717) is 26.2 Å². The van der Waals surface area contributed by atoms with Gasteiger partial charge >= 0.3 is 6.09 Å². The van der Waals surface area contributed by atoms with Crippen LogP contribution in [0.25, 0.3) is 0 Å². The fourth-order valence-electron chi connectivity index (χ4n) is 1.85. The predicted octanol–water partition coefficient (Wildman–Crippen LogP) is 1.88.